The molecule has 132 valence electrons. The Kier molecular flexibility index (Phi) is 5.66. The molecule has 0 unspecified atom stereocenters. The molecule has 1 N–H and O–H groups in total. The zero-order chi connectivity index (χ0) is 17.6. The molecule has 0 bridgehead atoms. The summed E-state index contributed by atoms with van der Waals surface area (Å²) >= 11 is 0. The number of amides is 1. The first kappa shape index (κ1) is 17.4. The number of rotatable bonds is 5. The van der Waals surface area contributed by atoms with Crippen molar-refractivity contribution in [3.8, 4) is 5.75 Å². The van der Waals surface area contributed by atoms with E-state index in [1.54, 1.807) is 7.11 Å². The maximum Gasteiger partial charge on any atom is 0.227 e. The summed E-state index contributed by atoms with van der Waals surface area (Å²) < 4.78 is 18.2. The van der Waals surface area contributed by atoms with Gasteiger partial charge in [-0.2, -0.15) is 0 Å². The second kappa shape index (κ2) is 8.12. The van der Waals surface area contributed by atoms with E-state index in [1.807, 2.05) is 36.4 Å². The number of nitrogens with zero attached hydrogens (tertiary/aromatic N) is 1. The maximum atomic E-state index is 13.0. The molecular formula is C20H23FN2O2. The third kappa shape index (κ3) is 4.57. The van der Waals surface area contributed by atoms with Crippen LogP contribution in [0.1, 0.15) is 18.4 Å². The van der Waals surface area contributed by atoms with Crippen molar-refractivity contribution in [3.63, 3.8) is 0 Å². The molecule has 4 nitrogen and oxygen atoms in total. The van der Waals surface area contributed by atoms with Crippen LogP contribution in [0.5, 0.6) is 5.75 Å². The van der Waals surface area contributed by atoms with Gasteiger partial charge >= 0.3 is 0 Å². The van der Waals surface area contributed by atoms with Gasteiger partial charge in [-0.25, -0.2) is 4.39 Å². The molecule has 2 aromatic rings. The number of piperidine rings is 1. The molecule has 1 heterocycles. The van der Waals surface area contributed by atoms with Crippen LogP contribution in [0.4, 0.5) is 10.1 Å². The monoisotopic (exact) mass is 342 g/mol. The van der Waals surface area contributed by atoms with E-state index >= 15 is 0 Å². The van der Waals surface area contributed by atoms with Crippen molar-refractivity contribution in [2.24, 2.45) is 5.92 Å². The number of para-hydroxylation sites is 2. The number of halogens is 1. The molecule has 0 atom stereocenters. The molecule has 25 heavy (non-hydrogen) atoms. The van der Waals surface area contributed by atoms with Gasteiger partial charge in [0.2, 0.25) is 5.91 Å². The minimum absolute atomic E-state index is 0.00869. The van der Waals surface area contributed by atoms with Gasteiger partial charge in [-0.3, -0.25) is 9.69 Å². The van der Waals surface area contributed by atoms with Crippen molar-refractivity contribution < 1.29 is 13.9 Å². The lowest BCUT2D eigenvalue weighted by molar-refractivity contribution is -0.121. The molecule has 0 spiro atoms. The number of ether oxygens (including phenoxy) is 1. The normalized spacial score (nSPS) is 15.8. The fourth-order valence-electron chi connectivity index (χ4n) is 3.18. The fraction of sp³-hybridized carbons (Fsp3) is 0.350. The topological polar surface area (TPSA) is 41.6 Å². The van der Waals surface area contributed by atoms with Crippen LogP contribution in [0.25, 0.3) is 0 Å². The highest BCUT2D eigenvalue weighted by molar-refractivity contribution is 5.94. The van der Waals surface area contributed by atoms with Gasteiger partial charge in [-0.05, 0) is 55.8 Å². The molecular weight excluding hydrogens is 319 g/mol. The average molecular weight is 342 g/mol. The first-order valence-electron chi connectivity index (χ1n) is 8.56. The number of likely N-dealkylation sites (tertiary alicyclic amines) is 1. The second-order valence-electron chi connectivity index (χ2n) is 6.37. The Labute approximate surface area is 147 Å². The van der Waals surface area contributed by atoms with Gasteiger partial charge in [0.25, 0.3) is 0 Å². The number of hydrogen-bond acceptors (Lipinski definition) is 3. The van der Waals surface area contributed by atoms with Gasteiger partial charge in [-0.1, -0.05) is 24.3 Å². The number of carbonyl (C=O) groups is 1. The third-order valence-electron chi connectivity index (χ3n) is 4.64. The van der Waals surface area contributed by atoms with E-state index in [0.717, 1.165) is 38.0 Å². The Balaban J connectivity index is 1.51. The SMILES string of the molecule is COc1ccccc1NC(=O)C1CCN(Cc2ccc(F)cc2)CC1. The number of anilines is 1. The summed E-state index contributed by atoms with van der Waals surface area (Å²) in [6.45, 7) is 2.52. The average Bonchev–Trinajstić information content (AvgIpc) is 2.64. The zero-order valence-electron chi connectivity index (χ0n) is 14.4. The van der Waals surface area contributed by atoms with E-state index in [2.05, 4.69) is 10.2 Å². The molecule has 1 aliphatic rings. The predicted octanol–water partition coefficient (Wildman–Crippen LogP) is 3.69. The Morgan fingerprint density at radius 2 is 1.84 bits per heavy atom. The van der Waals surface area contributed by atoms with Crippen LogP contribution in [-0.2, 0) is 11.3 Å². The molecule has 1 fully saturated rings. The summed E-state index contributed by atoms with van der Waals surface area (Å²) in [5.74, 6) is 0.514. The van der Waals surface area contributed by atoms with E-state index in [-0.39, 0.29) is 17.6 Å². The van der Waals surface area contributed by atoms with Gasteiger partial charge < -0.3 is 10.1 Å². The van der Waals surface area contributed by atoms with E-state index in [1.165, 1.54) is 12.1 Å². The van der Waals surface area contributed by atoms with Crippen LogP contribution in [0, 0.1) is 11.7 Å². The van der Waals surface area contributed by atoms with Crippen molar-refractivity contribution in [3.05, 3.63) is 59.9 Å². The van der Waals surface area contributed by atoms with E-state index in [9.17, 15) is 9.18 Å². The number of benzene rings is 2. The summed E-state index contributed by atoms with van der Waals surface area (Å²) in [5.41, 5.74) is 1.81. The predicted molar refractivity (Wildman–Crippen MR) is 96.0 cm³/mol. The highest BCUT2D eigenvalue weighted by atomic mass is 19.1. The van der Waals surface area contributed by atoms with Crippen LogP contribution < -0.4 is 10.1 Å². The van der Waals surface area contributed by atoms with Gasteiger partial charge in [0, 0.05) is 12.5 Å². The number of hydrogen-bond donors (Lipinski definition) is 1. The van der Waals surface area contributed by atoms with E-state index in [0.29, 0.717) is 11.4 Å². The number of methoxy groups -OCH3 is 1. The largest absolute Gasteiger partial charge is 0.495 e. The molecule has 3 rings (SSSR count). The smallest absolute Gasteiger partial charge is 0.227 e. The van der Waals surface area contributed by atoms with Crippen molar-refractivity contribution >= 4 is 11.6 Å². The van der Waals surface area contributed by atoms with Crippen LogP contribution in [0.3, 0.4) is 0 Å². The van der Waals surface area contributed by atoms with Gasteiger partial charge in [0.1, 0.15) is 11.6 Å². The lowest BCUT2D eigenvalue weighted by Gasteiger charge is -2.31. The molecule has 0 radical (unpaired) electrons. The summed E-state index contributed by atoms with van der Waals surface area (Å²) in [6.07, 6.45) is 1.64. The van der Waals surface area contributed by atoms with Gasteiger partial charge in [0.05, 0.1) is 12.8 Å². The molecule has 1 aliphatic heterocycles. The Bertz CT molecular complexity index is 710. The van der Waals surface area contributed by atoms with Crippen molar-refractivity contribution in [1.29, 1.82) is 0 Å². The molecule has 1 amide bonds. The molecule has 2 aromatic carbocycles. The Morgan fingerprint density at radius 3 is 2.52 bits per heavy atom. The fourth-order valence-corrected chi connectivity index (χ4v) is 3.18. The van der Waals surface area contributed by atoms with Crippen molar-refractivity contribution in [2.75, 3.05) is 25.5 Å². The summed E-state index contributed by atoms with van der Waals surface area (Å²) in [7, 11) is 1.60. The lowest BCUT2D eigenvalue weighted by atomic mass is 9.95. The third-order valence-corrected chi connectivity index (χ3v) is 4.64. The van der Waals surface area contributed by atoms with E-state index in [4.69, 9.17) is 4.74 Å². The summed E-state index contributed by atoms with van der Waals surface area (Å²) in [5, 5.41) is 2.98. The summed E-state index contributed by atoms with van der Waals surface area (Å²) in [4.78, 5) is 14.8. The minimum atomic E-state index is -0.213. The Morgan fingerprint density at radius 1 is 1.16 bits per heavy atom. The zero-order valence-corrected chi connectivity index (χ0v) is 14.4. The van der Waals surface area contributed by atoms with Crippen LogP contribution in [0.15, 0.2) is 48.5 Å². The molecule has 0 aliphatic carbocycles. The first-order chi connectivity index (χ1) is 12.2. The minimum Gasteiger partial charge on any atom is -0.495 e. The Hall–Kier alpha value is -2.40. The molecule has 5 heteroatoms. The molecule has 1 saturated heterocycles. The maximum absolute atomic E-state index is 13.0. The highest BCUT2D eigenvalue weighted by Crippen LogP contribution is 2.26. The molecule has 0 saturated carbocycles. The van der Waals surface area contributed by atoms with Crippen molar-refractivity contribution in [1.82, 2.24) is 4.90 Å². The van der Waals surface area contributed by atoms with Gasteiger partial charge in [-0.15, -0.1) is 0 Å². The first-order valence-corrected chi connectivity index (χ1v) is 8.56. The van der Waals surface area contributed by atoms with Crippen LogP contribution in [0.2, 0.25) is 0 Å². The van der Waals surface area contributed by atoms with Gasteiger partial charge in [0.15, 0.2) is 0 Å². The second-order valence-corrected chi connectivity index (χ2v) is 6.37. The number of nitrogens with one attached hydrogen (secondary N) is 1. The lowest BCUT2D eigenvalue weighted by Crippen LogP contribution is -2.37. The summed E-state index contributed by atoms with van der Waals surface area (Å²) in [6, 6.07) is 14.0. The standard InChI is InChI=1S/C20H23FN2O2/c1-25-19-5-3-2-4-18(19)22-20(24)16-10-12-23(13-11-16)14-15-6-8-17(21)9-7-15/h2-9,16H,10-14H2,1H3,(H,22,24). The van der Waals surface area contributed by atoms with Crippen LogP contribution in [-0.4, -0.2) is 31.0 Å². The quantitative estimate of drug-likeness (QED) is 0.901. The number of carbonyl (C=O) groups excluding carboxylic acids is 1. The molecule has 0 aromatic heterocycles. The van der Waals surface area contributed by atoms with Crippen LogP contribution >= 0.6 is 0 Å². The van der Waals surface area contributed by atoms with Crippen molar-refractivity contribution in [2.45, 2.75) is 19.4 Å². The highest BCUT2D eigenvalue weighted by Gasteiger charge is 2.25. The van der Waals surface area contributed by atoms with E-state index < -0.39 is 0 Å².